The fraction of sp³-hybridized carbons (Fsp3) is 0.300. The van der Waals surface area contributed by atoms with Gasteiger partial charge >= 0.3 is 5.97 Å². The summed E-state index contributed by atoms with van der Waals surface area (Å²) < 4.78 is 4.57. The van der Waals surface area contributed by atoms with Gasteiger partial charge in [-0.1, -0.05) is 30.3 Å². The number of aliphatic hydroxyl groups is 1. The molecular weight excluding hydrogens is 168 g/mol. The minimum atomic E-state index is -1.04. The maximum atomic E-state index is 10.5. The largest absolute Gasteiger partial charge is 0.436 e. The van der Waals surface area contributed by atoms with Crippen molar-refractivity contribution in [1.82, 2.24) is 0 Å². The number of hydrogen-bond donors (Lipinski definition) is 1. The Labute approximate surface area is 77.0 Å². The standard InChI is InChI=1S/C10H12O3/c1-8(11)13-10(12)7-9-5-3-2-4-6-9/h2-6,10,12H,7H2,1H3. The quantitative estimate of drug-likeness (QED) is 0.560. The monoisotopic (exact) mass is 180 g/mol. The Kier molecular flexibility index (Phi) is 3.46. The summed E-state index contributed by atoms with van der Waals surface area (Å²) in [5.74, 6) is -0.469. The van der Waals surface area contributed by atoms with E-state index in [2.05, 4.69) is 4.74 Å². The van der Waals surface area contributed by atoms with Crippen molar-refractivity contribution in [2.45, 2.75) is 19.6 Å². The molecule has 0 amide bonds. The number of hydrogen-bond acceptors (Lipinski definition) is 3. The van der Waals surface area contributed by atoms with Crippen LogP contribution in [0.5, 0.6) is 0 Å². The molecule has 0 bridgehead atoms. The zero-order chi connectivity index (χ0) is 9.68. The van der Waals surface area contributed by atoms with Gasteiger partial charge in [-0.2, -0.15) is 0 Å². The van der Waals surface area contributed by atoms with E-state index in [0.29, 0.717) is 6.42 Å². The van der Waals surface area contributed by atoms with Crippen LogP contribution in [0, 0.1) is 0 Å². The molecule has 0 heterocycles. The lowest BCUT2D eigenvalue weighted by Crippen LogP contribution is -2.17. The molecular formula is C10H12O3. The maximum absolute atomic E-state index is 10.5. The molecule has 13 heavy (non-hydrogen) atoms. The lowest BCUT2D eigenvalue weighted by Gasteiger charge is -2.09. The Bertz CT molecular complexity index is 269. The lowest BCUT2D eigenvalue weighted by atomic mass is 10.1. The second-order valence-corrected chi connectivity index (χ2v) is 2.75. The molecule has 0 aromatic heterocycles. The normalized spacial score (nSPS) is 12.2. The number of carbonyl (C=O) groups excluding carboxylic acids is 1. The van der Waals surface area contributed by atoms with Crippen LogP contribution in [0.1, 0.15) is 12.5 Å². The van der Waals surface area contributed by atoms with Gasteiger partial charge in [-0.3, -0.25) is 4.79 Å². The van der Waals surface area contributed by atoms with E-state index in [1.54, 1.807) is 0 Å². The first kappa shape index (κ1) is 9.74. The second-order valence-electron chi connectivity index (χ2n) is 2.75. The van der Waals surface area contributed by atoms with E-state index in [9.17, 15) is 9.90 Å². The molecule has 0 saturated heterocycles. The van der Waals surface area contributed by atoms with Crippen molar-refractivity contribution in [1.29, 1.82) is 0 Å². The molecule has 3 heteroatoms. The van der Waals surface area contributed by atoms with Crippen molar-refractivity contribution in [2.75, 3.05) is 0 Å². The molecule has 1 atom stereocenters. The summed E-state index contributed by atoms with van der Waals surface area (Å²) in [6, 6.07) is 9.37. The van der Waals surface area contributed by atoms with Crippen LogP contribution in [-0.2, 0) is 16.0 Å². The zero-order valence-corrected chi connectivity index (χ0v) is 7.43. The van der Waals surface area contributed by atoms with E-state index in [1.807, 2.05) is 30.3 Å². The predicted octanol–water partition coefficient (Wildman–Crippen LogP) is 1.11. The summed E-state index contributed by atoms with van der Waals surface area (Å²) in [7, 11) is 0. The highest BCUT2D eigenvalue weighted by Gasteiger charge is 2.07. The van der Waals surface area contributed by atoms with Gasteiger partial charge in [0, 0.05) is 13.3 Å². The van der Waals surface area contributed by atoms with Crippen molar-refractivity contribution in [2.24, 2.45) is 0 Å². The molecule has 1 aromatic carbocycles. The number of benzene rings is 1. The predicted molar refractivity (Wildman–Crippen MR) is 47.9 cm³/mol. The molecule has 0 radical (unpaired) electrons. The van der Waals surface area contributed by atoms with Crippen molar-refractivity contribution < 1.29 is 14.6 Å². The topological polar surface area (TPSA) is 46.5 Å². The van der Waals surface area contributed by atoms with Gasteiger partial charge in [0.25, 0.3) is 0 Å². The van der Waals surface area contributed by atoms with Crippen molar-refractivity contribution >= 4 is 5.97 Å². The SMILES string of the molecule is CC(=O)OC(O)Cc1ccccc1. The Morgan fingerprint density at radius 3 is 2.62 bits per heavy atom. The maximum Gasteiger partial charge on any atom is 0.304 e. The number of rotatable bonds is 3. The van der Waals surface area contributed by atoms with Crippen LogP contribution >= 0.6 is 0 Å². The summed E-state index contributed by atoms with van der Waals surface area (Å²) in [5.41, 5.74) is 0.941. The Hall–Kier alpha value is -1.35. The minimum absolute atomic E-state index is 0.334. The van der Waals surface area contributed by atoms with E-state index in [-0.39, 0.29) is 0 Å². The van der Waals surface area contributed by atoms with Gasteiger partial charge in [-0.05, 0) is 5.56 Å². The van der Waals surface area contributed by atoms with Crippen LogP contribution in [0.25, 0.3) is 0 Å². The smallest absolute Gasteiger partial charge is 0.304 e. The first-order valence-electron chi connectivity index (χ1n) is 4.07. The Morgan fingerprint density at radius 1 is 1.46 bits per heavy atom. The number of carbonyl (C=O) groups is 1. The van der Waals surface area contributed by atoms with Crippen molar-refractivity contribution in [3.05, 3.63) is 35.9 Å². The Morgan fingerprint density at radius 2 is 2.08 bits per heavy atom. The third-order valence-electron chi connectivity index (χ3n) is 1.56. The lowest BCUT2D eigenvalue weighted by molar-refractivity contribution is -0.164. The summed E-state index contributed by atoms with van der Waals surface area (Å²) in [5, 5.41) is 9.23. The Balaban J connectivity index is 2.45. The molecule has 0 spiro atoms. The van der Waals surface area contributed by atoms with Crippen molar-refractivity contribution in [3.63, 3.8) is 0 Å². The zero-order valence-electron chi connectivity index (χ0n) is 7.43. The number of esters is 1. The molecule has 0 aliphatic carbocycles. The average molecular weight is 180 g/mol. The van der Waals surface area contributed by atoms with E-state index < -0.39 is 12.3 Å². The van der Waals surface area contributed by atoms with Crippen LogP contribution in [0.2, 0.25) is 0 Å². The van der Waals surface area contributed by atoms with Gasteiger partial charge < -0.3 is 9.84 Å². The van der Waals surface area contributed by atoms with Crippen LogP contribution < -0.4 is 0 Å². The fourth-order valence-electron chi connectivity index (χ4n) is 1.05. The third kappa shape index (κ3) is 3.71. The molecule has 3 nitrogen and oxygen atoms in total. The molecule has 0 fully saturated rings. The molecule has 0 aliphatic heterocycles. The molecule has 0 aliphatic rings. The second kappa shape index (κ2) is 4.62. The van der Waals surface area contributed by atoms with Gasteiger partial charge in [-0.25, -0.2) is 0 Å². The average Bonchev–Trinajstić information content (AvgIpc) is 2.04. The fourth-order valence-corrected chi connectivity index (χ4v) is 1.05. The van der Waals surface area contributed by atoms with Crippen LogP contribution in [0.4, 0.5) is 0 Å². The van der Waals surface area contributed by atoms with Crippen LogP contribution in [0.15, 0.2) is 30.3 Å². The summed E-state index contributed by atoms with van der Waals surface area (Å²) >= 11 is 0. The van der Waals surface area contributed by atoms with Gasteiger partial charge in [0.05, 0.1) is 0 Å². The summed E-state index contributed by atoms with van der Waals surface area (Å²) in [4.78, 5) is 10.5. The molecule has 1 aromatic rings. The highest BCUT2D eigenvalue weighted by molar-refractivity contribution is 5.66. The van der Waals surface area contributed by atoms with E-state index >= 15 is 0 Å². The van der Waals surface area contributed by atoms with Crippen LogP contribution in [-0.4, -0.2) is 17.4 Å². The molecule has 1 rings (SSSR count). The molecule has 1 unspecified atom stereocenters. The first-order valence-corrected chi connectivity index (χ1v) is 4.07. The van der Waals surface area contributed by atoms with E-state index in [4.69, 9.17) is 0 Å². The van der Waals surface area contributed by atoms with Crippen molar-refractivity contribution in [3.8, 4) is 0 Å². The van der Waals surface area contributed by atoms with Crippen LogP contribution in [0.3, 0.4) is 0 Å². The molecule has 0 saturated carbocycles. The molecule has 70 valence electrons. The summed E-state index contributed by atoms with van der Waals surface area (Å²) in [6.07, 6.45) is -0.708. The highest BCUT2D eigenvalue weighted by Crippen LogP contribution is 2.03. The highest BCUT2D eigenvalue weighted by atomic mass is 16.6. The van der Waals surface area contributed by atoms with Gasteiger partial charge in [0.2, 0.25) is 6.29 Å². The van der Waals surface area contributed by atoms with Gasteiger partial charge in [0.15, 0.2) is 0 Å². The third-order valence-corrected chi connectivity index (χ3v) is 1.56. The van der Waals surface area contributed by atoms with E-state index in [0.717, 1.165) is 5.56 Å². The minimum Gasteiger partial charge on any atom is -0.436 e. The van der Waals surface area contributed by atoms with Gasteiger partial charge in [0.1, 0.15) is 0 Å². The van der Waals surface area contributed by atoms with Gasteiger partial charge in [-0.15, -0.1) is 0 Å². The number of ether oxygens (including phenoxy) is 1. The number of aliphatic hydroxyl groups excluding tert-OH is 1. The first-order chi connectivity index (χ1) is 6.18. The van der Waals surface area contributed by atoms with E-state index in [1.165, 1.54) is 6.92 Å². The molecule has 1 N–H and O–H groups in total. The summed E-state index contributed by atoms with van der Waals surface area (Å²) in [6.45, 7) is 1.27.